The third kappa shape index (κ3) is 1.42. The molecule has 2 N–H and O–H groups in total. The predicted octanol–water partition coefficient (Wildman–Crippen LogP) is 3.41. The second-order valence-corrected chi connectivity index (χ2v) is 4.46. The SMILES string of the molecule is COc1ccc2c3c([nH]c2c1)C(C)=C(O)CC3. The number of aryl methyl sites for hydroxylation is 1. The zero-order valence-electron chi connectivity index (χ0n) is 10.0. The number of rotatable bonds is 1. The quantitative estimate of drug-likeness (QED) is 0.787. The highest BCUT2D eigenvalue weighted by Crippen LogP contribution is 2.35. The summed E-state index contributed by atoms with van der Waals surface area (Å²) in [5.41, 5.74) is 4.40. The van der Waals surface area contributed by atoms with Crippen LogP contribution in [0.1, 0.15) is 24.6 Å². The Morgan fingerprint density at radius 2 is 2.12 bits per heavy atom. The lowest BCUT2D eigenvalue weighted by Gasteiger charge is -2.13. The van der Waals surface area contributed by atoms with Crippen molar-refractivity contribution in [3.63, 3.8) is 0 Å². The molecule has 0 aliphatic heterocycles. The highest BCUT2D eigenvalue weighted by Gasteiger charge is 2.20. The summed E-state index contributed by atoms with van der Waals surface area (Å²) in [6.45, 7) is 1.96. The minimum absolute atomic E-state index is 0.496. The van der Waals surface area contributed by atoms with Gasteiger partial charge >= 0.3 is 0 Å². The van der Waals surface area contributed by atoms with Gasteiger partial charge in [-0.05, 0) is 31.0 Å². The fraction of sp³-hybridized carbons (Fsp3) is 0.286. The first-order valence-corrected chi connectivity index (χ1v) is 5.78. The van der Waals surface area contributed by atoms with Gasteiger partial charge in [-0.25, -0.2) is 0 Å². The number of hydrogen-bond acceptors (Lipinski definition) is 2. The van der Waals surface area contributed by atoms with Gasteiger partial charge in [-0.15, -0.1) is 0 Å². The molecular weight excluding hydrogens is 214 g/mol. The molecule has 3 heteroatoms. The number of allylic oxidation sites excluding steroid dienone is 2. The van der Waals surface area contributed by atoms with E-state index in [-0.39, 0.29) is 0 Å². The zero-order valence-corrected chi connectivity index (χ0v) is 10.0. The summed E-state index contributed by atoms with van der Waals surface area (Å²) in [7, 11) is 1.67. The van der Waals surface area contributed by atoms with Crippen LogP contribution < -0.4 is 4.74 Å². The van der Waals surface area contributed by atoms with E-state index in [1.54, 1.807) is 7.11 Å². The Kier molecular flexibility index (Phi) is 2.15. The van der Waals surface area contributed by atoms with E-state index in [1.165, 1.54) is 10.9 Å². The van der Waals surface area contributed by atoms with E-state index in [9.17, 15) is 5.11 Å². The Balaban J connectivity index is 2.28. The number of aliphatic hydroxyl groups is 1. The van der Waals surface area contributed by atoms with Gasteiger partial charge < -0.3 is 14.8 Å². The van der Waals surface area contributed by atoms with Gasteiger partial charge in [-0.1, -0.05) is 0 Å². The predicted molar refractivity (Wildman–Crippen MR) is 68.4 cm³/mol. The van der Waals surface area contributed by atoms with Crippen molar-refractivity contribution in [3.8, 4) is 5.75 Å². The first-order valence-electron chi connectivity index (χ1n) is 5.78. The van der Waals surface area contributed by atoms with Crippen LogP contribution in [-0.4, -0.2) is 17.2 Å². The van der Waals surface area contributed by atoms with Crippen molar-refractivity contribution < 1.29 is 9.84 Å². The number of aromatic amines is 1. The molecule has 1 aromatic heterocycles. The molecule has 0 saturated carbocycles. The molecule has 2 aromatic rings. The molecule has 1 heterocycles. The maximum Gasteiger partial charge on any atom is 0.120 e. The second kappa shape index (κ2) is 3.55. The van der Waals surface area contributed by atoms with Crippen molar-refractivity contribution in [3.05, 3.63) is 35.2 Å². The number of hydrogen-bond donors (Lipinski definition) is 2. The van der Waals surface area contributed by atoms with Crippen molar-refractivity contribution in [2.45, 2.75) is 19.8 Å². The number of H-pyrrole nitrogens is 1. The molecule has 0 radical (unpaired) electrons. The van der Waals surface area contributed by atoms with Gasteiger partial charge in [0.1, 0.15) is 5.75 Å². The molecule has 0 fully saturated rings. The second-order valence-electron chi connectivity index (χ2n) is 4.46. The van der Waals surface area contributed by atoms with Gasteiger partial charge in [-0.2, -0.15) is 0 Å². The molecule has 1 aromatic carbocycles. The van der Waals surface area contributed by atoms with Gasteiger partial charge in [0, 0.05) is 34.7 Å². The molecule has 0 atom stereocenters. The molecule has 0 saturated heterocycles. The van der Waals surface area contributed by atoms with Gasteiger partial charge in [0.2, 0.25) is 0 Å². The summed E-state index contributed by atoms with van der Waals surface area (Å²) < 4.78 is 5.22. The minimum atomic E-state index is 0.496. The largest absolute Gasteiger partial charge is 0.512 e. The van der Waals surface area contributed by atoms with Crippen LogP contribution in [0.3, 0.4) is 0 Å². The summed E-state index contributed by atoms with van der Waals surface area (Å²) >= 11 is 0. The topological polar surface area (TPSA) is 45.2 Å². The fourth-order valence-corrected chi connectivity index (χ4v) is 2.52. The fourth-order valence-electron chi connectivity index (χ4n) is 2.52. The average molecular weight is 229 g/mol. The summed E-state index contributed by atoms with van der Waals surface area (Å²) in [5, 5.41) is 11.0. The zero-order chi connectivity index (χ0) is 12.0. The summed E-state index contributed by atoms with van der Waals surface area (Å²) in [6, 6.07) is 6.06. The van der Waals surface area contributed by atoms with E-state index in [2.05, 4.69) is 11.1 Å². The third-order valence-electron chi connectivity index (χ3n) is 3.53. The molecule has 88 valence electrons. The lowest BCUT2D eigenvalue weighted by Crippen LogP contribution is -2.01. The van der Waals surface area contributed by atoms with Crippen LogP contribution >= 0.6 is 0 Å². The van der Waals surface area contributed by atoms with Crippen LogP contribution in [-0.2, 0) is 6.42 Å². The number of benzene rings is 1. The molecule has 0 spiro atoms. The molecule has 3 nitrogen and oxygen atoms in total. The molecular formula is C14H15NO2. The highest BCUT2D eigenvalue weighted by atomic mass is 16.5. The Morgan fingerprint density at radius 1 is 1.29 bits per heavy atom. The van der Waals surface area contributed by atoms with Crippen LogP contribution in [0.2, 0.25) is 0 Å². The summed E-state index contributed by atoms with van der Waals surface area (Å²) in [6.07, 6.45) is 1.63. The first-order chi connectivity index (χ1) is 8.20. The Hall–Kier alpha value is -1.90. The van der Waals surface area contributed by atoms with Crippen LogP contribution in [0.5, 0.6) is 5.75 Å². The van der Waals surface area contributed by atoms with Crippen molar-refractivity contribution in [1.82, 2.24) is 4.98 Å². The van der Waals surface area contributed by atoms with Gasteiger partial charge in [0.05, 0.1) is 12.9 Å². The van der Waals surface area contributed by atoms with E-state index >= 15 is 0 Å². The summed E-state index contributed by atoms with van der Waals surface area (Å²) in [5.74, 6) is 1.35. The maximum absolute atomic E-state index is 9.79. The molecule has 0 amide bonds. The molecule has 1 aliphatic carbocycles. The van der Waals surface area contributed by atoms with E-state index in [1.807, 2.05) is 19.1 Å². The smallest absolute Gasteiger partial charge is 0.120 e. The third-order valence-corrected chi connectivity index (χ3v) is 3.53. The normalized spacial score (nSPS) is 15.2. The number of ether oxygens (including phenoxy) is 1. The monoisotopic (exact) mass is 229 g/mol. The van der Waals surface area contributed by atoms with Crippen LogP contribution in [0.4, 0.5) is 0 Å². The van der Waals surface area contributed by atoms with Crippen molar-refractivity contribution >= 4 is 16.5 Å². The number of methoxy groups -OCH3 is 1. The van der Waals surface area contributed by atoms with Crippen LogP contribution in [0.25, 0.3) is 16.5 Å². The van der Waals surface area contributed by atoms with Gasteiger partial charge in [0.25, 0.3) is 0 Å². The van der Waals surface area contributed by atoms with Crippen LogP contribution in [0.15, 0.2) is 24.0 Å². The number of aromatic nitrogens is 1. The first kappa shape index (κ1) is 10.3. The average Bonchev–Trinajstić information content (AvgIpc) is 2.72. The molecule has 17 heavy (non-hydrogen) atoms. The van der Waals surface area contributed by atoms with E-state index in [0.717, 1.165) is 35.4 Å². The summed E-state index contributed by atoms with van der Waals surface area (Å²) in [4.78, 5) is 3.37. The molecule has 3 rings (SSSR count). The van der Waals surface area contributed by atoms with E-state index in [0.29, 0.717) is 5.76 Å². The van der Waals surface area contributed by atoms with Crippen LogP contribution in [0, 0.1) is 0 Å². The molecule has 0 bridgehead atoms. The number of nitrogens with one attached hydrogen (secondary N) is 1. The molecule has 1 aliphatic rings. The van der Waals surface area contributed by atoms with Crippen molar-refractivity contribution in [2.24, 2.45) is 0 Å². The van der Waals surface area contributed by atoms with Gasteiger partial charge in [0.15, 0.2) is 0 Å². The maximum atomic E-state index is 9.79. The number of fused-ring (bicyclic) bond motifs is 3. The molecule has 0 unspecified atom stereocenters. The Bertz CT molecular complexity index is 622. The minimum Gasteiger partial charge on any atom is -0.512 e. The number of aliphatic hydroxyl groups excluding tert-OH is 1. The van der Waals surface area contributed by atoms with Crippen molar-refractivity contribution in [1.29, 1.82) is 0 Å². The highest BCUT2D eigenvalue weighted by molar-refractivity contribution is 5.91. The standard InChI is InChI=1S/C14H15NO2/c1-8-13(16)6-5-11-10-4-3-9(17-2)7-12(10)15-14(8)11/h3-4,7,15-16H,5-6H2,1-2H3. The van der Waals surface area contributed by atoms with Crippen molar-refractivity contribution in [2.75, 3.05) is 7.11 Å². The van der Waals surface area contributed by atoms with E-state index in [4.69, 9.17) is 4.74 Å². The van der Waals surface area contributed by atoms with E-state index < -0.39 is 0 Å². The Morgan fingerprint density at radius 3 is 2.88 bits per heavy atom. The van der Waals surface area contributed by atoms with Gasteiger partial charge in [-0.3, -0.25) is 0 Å². The lowest BCUT2D eigenvalue weighted by atomic mass is 9.94. The Labute approximate surface area is 99.7 Å². The lowest BCUT2D eigenvalue weighted by molar-refractivity contribution is 0.388.